The molecule has 0 spiro atoms. The summed E-state index contributed by atoms with van der Waals surface area (Å²) in [4.78, 5) is 26.0. The second-order valence-corrected chi connectivity index (χ2v) is 11.3. The summed E-state index contributed by atoms with van der Waals surface area (Å²) in [6.07, 6.45) is 2.45. The topological polar surface area (TPSA) is 67.8 Å². The molecule has 2 aromatic carbocycles. The van der Waals surface area contributed by atoms with Crippen molar-refractivity contribution in [3.8, 4) is 21.7 Å². The highest BCUT2D eigenvalue weighted by molar-refractivity contribution is 7.21. The second kappa shape index (κ2) is 11.9. The van der Waals surface area contributed by atoms with Crippen molar-refractivity contribution < 1.29 is 14.3 Å². The van der Waals surface area contributed by atoms with E-state index >= 15 is 0 Å². The van der Waals surface area contributed by atoms with Crippen LogP contribution in [-0.2, 0) is 9.47 Å². The van der Waals surface area contributed by atoms with Crippen LogP contribution in [-0.4, -0.2) is 55.5 Å². The predicted molar refractivity (Wildman–Crippen MR) is 157 cm³/mol. The van der Waals surface area contributed by atoms with Crippen molar-refractivity contribution in [1.82, 2.24) is 9.97 Å². The minimum absolute atomic E-state index is 0.384. The van der Waals surface area contributed by atoms with Crippen molar-refractivity contribution in [2.24, 2.45) is 0 Å². The van der Waals surface area contributed by atoms with Gasteiger partial charge in [0.2, 0.25) is 0 Å². The Bertz CT molecular complexity index is 1360. The van der Waals surface area contributed by atoms with Crippen molar-refractivity contribution in [2.75, 3.05) is 43.7 Å². The average Bonchev–Trinajstić information content (AvgIpc) is 3.31. The van der Waals surface area contributed by atoms with E-state index < -0.39 is 5.60 Å². The Balaban J connectivity index is 1.56. The first-order valence-electron chi connectivity index (χ1n) is 12.9. The van der Waals surface area contributed by atoms with Gasteiger partial charge in [0.1, 0.15) is 16.4 Å². The van der Waals surface area contributed by atoms with E-state index in [-0.39, 0.29) is 6.09 Å². The number of amides is 1. The van der Waals surface area contributed by atoms with Gasteiger partial charge >= 0.3 is 6.09 Å². The molecule has 0 N–H and O–H groups in total. The Kier molecular flexibility index (Phi) is 8.64. The van der Waals surface area contributed by atoms with E-state index in [1.807, 2.05) is 70.2 Å². The fourth-order valence-corrected chi connectivity index (χ4v) is 4.88. The van der Waals surface area contributed by atoms with E-state index in [9.17, 15) is 4.79 Å². The molecule has 38 heavy (non-hydrogen) atoms. The molecule has 0 aliphatic heterocycles. The fourth-order valence-electron chi connectivity index (χ4n) is 3.88. The highest BCUT2D eigenvalue weighted by Gasteiger charge is 2.24. The molecule has 2 heterocycles. The molecule has 1 amide bonds. The molecule has 8 heteroatoms. The van der Waals surface area contributed by atoms with Gasteiger partial charge in [0.25, 0.3) is 0 Å². The van der Waals surface area contributed by atoms with Crippen LogP contribution in [0.25, 0.3) is 31.9 Å². The zero-order chi connectivity index (χ0) is 27.3. The van der Waals surface area contributed by atoms with Crippen LogP contribution in [0.5, 0.6) is 0 Å². The summed E-state index contributed by atoms with van der Waals surface area (Å²) in [6.45, 7) is 9.20. The van der Waals surface area contributed by atoms with Crippen LogP contribution in [0.4, 0.5) is 16.3 Å². The number of carbonyl (C=O) groups is 1. The Morgan fingerprint density at radius 2 is 1.66 bits per heavy atom. The van der Waals surface area contributed by atoms with E-state index in [4.69, 9.17) is 14.5 Å². The lowest BCUT2D eigenvalue weighted by atomic mass is 10.1. The van der Waals surface area contributed by atoms with Gasteiger partial charge in [-0.3, -0.25) is 4.90 Å². The molecule has 4 rings (SSSR count). The van der Waals surface area contributed by atoms with Crippen LogP contribution in [0.2, 0.25) is 0 Å². The van der Waals surface area contributed by atoms with Gasteiger partial charge in [0, 0.05) is 43.7 Å². The molecular formula is C30H36N4O3S. The number of nitrogens with zero attached hydrogens (tertiary/aromatic N) is 4. The van der Waals surface area contributed by atoms with E-state index in [0.717, 1.165) is 49.8 Å². The highest BCUT2D eigenvalue weighted by atomic mass is 32.1. The first kappa shape index (κ1) is 27.5. The van der Waals surface area contributed by atoms with E-state index in [1.54, 1.807) is 16.2 Å². The zero-order valence-electron chi connectivity index (χ0n) is 23.0. The Hall–Kier alpha value is -3.49. The standard InChI is InChI=1S/C30H36N4O3S/c1-7-17-36-18-16-34(29(35)37-30(2,3)4)24-13-14-25-26(19-24)38-28(32-25)22-10-8-21(9-11-22)23-12-15-27(31-20-23)33(5)6/h8-15,19-20H,7,16-18H2,1-6H3. The molecule has 0 radical (unpaired) electrons. The molecule has 0 aliphatic carbocycles. The van der Waals surface area contributed by atoms with Crippen LogP contribution in [0.15, 0.2) is 60.8 Å². The van der Waals surface area contributed by atoms with Gasteiger partial charge in [-0.05, 0) is 63.1 Å². The summed E-state index contributed by atoms with van der Waals surface area (Å²) in [5, 5.41) is 0.930. The molecule has 0 aliphatic rings. The summed E-state index contributed by atoms with van der Waals surface area (Å²) in [5.41, 5.74) is 4.30. The zero-order valence-corrected chi connectivity index (χ0v) is 23.8. The Morgan fingerprint density at radius 1 is 0.947 bits per heavy atom. The van der Waals surface area contributed by atoms with E-state index in [1.165, 1.54) is 0 Å². The van der Waals surface area contributed by atoms with Crippen LogP contribution in [0.3, 0.4) is 0 Å². The minimum atomic E-state index is -0.585. The molecule has 0 unspecified atom stereocenters. The number of benzene rings is 2. The fraction of sp³-hybridized carbons (Fsp3) is 0.367. The number of hydrogen-bond acceptors (Lipinski definition) is 7. The lowest BCUT2D eigenvalue weighted by Crippen LogP contribution is -2.38. The molecule has 200 valence electrons. The second-order valence-electron chi connectivity index (χ2n) is 10.3. The van der Waals surface area contributed by atoms with Crippen molar-refractivity contribution in [2.45, 2.75) is 39.7 Å². The number of pyridine rings is 1. The molecular weight excluding hydrogens is 496 g/mol. The number of ether oxygens (including phenoxy) is 2. The minimum Gasteiger partial charge on any atom is -0.443 e. The molecule has 7 nitrogen and oxygen atoms in total. The maximum absolute atomic E-state index is 13.0. The first-order chi connectivity index (χ1) is 18.1. The van der Waals surface area contributed by atoms with Crippen molar-refractivity contribution >= 4 is 39.2 Å². The summed E-state index contributed by atoms with van der Waals surface area (Å²) in [7, 11) is 3.96. The average molecular weight is 533 g/mol. The lowest BCUT2D eigenvalue weighted by Gasteiger charge is -2.27. The third kappa shape index (κ3) is 6.88. The number of aromatic nitrogens is 2. The third-order valence-electron chi connectivity index (χ3n) is 5.78. The molecule has 0 atom stereocenters. The summed E-state index contributed by atoms with van der Waals surface area (Å²) in [5.74, 6) is 0.929. The van der Waals surface area contributed by atoms with Gasteiger partial charge in [-0.25, -0.2) is 14.8 Å². The lowest BCUT2D eigenvalue weighted by molar-refractivity contribution is 0.0560. The molecule has 0 saturated heterocycles. The smallest absolute Gasteiger partial charge is 0.414 e. The van der Waals surface area contributed by atoms with Gasteiger partial charge in [-0.1, -0.05) is 31.2 Å². The summed E-state index contributed by atoms with van der Waals surface area (Å²) in [6, 6.07) is 18.4. The van der Waals surface area contributed by atoms with Crippen molar-refractivity contribution in [3.63, 3.8) is 0 Å². The molecule has 0 bridgehead atoms. The quantitative estimate of drug-likeness (QED) is 0.211. The van der Waals surface area contributed by atoms with Crippen LogP contribution >= 0.6 is 11.3 Å². The van der Waals surface area contributed by atoms with Crippen LogP contribution in [0, 0.1) is 0 Å². The number of anilines is 2. The third-order valence-corrected chi connectivity index (χ3v) is 6.84. The molecule has 4 aromatic rings. The maximum atomic E-state index is 13.0. The number of thiazole rings is 1. The maximum Gasteiger partial charge on any atom is 0.414 e. The van der Waals surface area contributed by atoms with Crippen molar-refractivity contribution in [1.29, 1.82) is 0 Å². The Labute approximate surface area is 229 Å². The molecule has 2 aromatic heterocycles. The summed E-state index contributed by atoms with van der Waals surface area (Å²) < 4.78 is 12.3. The number of carbonyl (C=O) groups excluding carboxylic acids is 1. The van der Waals surface area contributed by atoms with E-state index in [2.05, 4.69) is 42.2 Å². The van der Waals surface area contributed by atoms with Crippen LogP contribution in [0.1, 0.15) is 34.1 Å². The van der Waals surface area contributed by atoms with Gasteiger partial charge in [0.05, 0.1) is 23.4 Å². The first-order valence-corrected chi connectivity index (χ1v) is 13.7. The van der Waals surface area contributed by atoms with Crippen LogP contribution < -0.4 is 9.80 Å². The molecule has 0 saturated carbocycles. The summed E-state index contributed by atoms with van der Waals surface area (Å²) >= 11 is 1.61. The van der Waals surface area contributed by atoms with Gasteiger partial charge in [-0.15, -0.1) is 11.3 Å². The normalized spacial score (nSPS) is 11.5. The number of fused-ring (bicyclic) bond motifs is 1. The van der Waals surface area contributed by atoms with Crippen molar-refractivity contribution in [3.05, 3.63) is 60.8 Å². The SMILES string of the molecule is CCCOCCN(C(=O)OC(C)(C)C)c1ccc2nc(-c3ccc(-c4ccc(N(C)C)nc4)cc3)sc2c1. The van der Waals surface area contributed by atoms with Gasteiger partial charge in [-0.2, -0.15) is 0 Å². The van der Waals surface area contributed by atoms with Gasteiger partial charge in [0.15, 0.2) is 0 Å². The monoisotopic (exact) mass is 532 g/mol. The van der Waals surface area contributed by atoms with E-state index in [0.29, 0.717) is 19.8 Å². The highest BCUT2D eigenvalue weighted by Crippen LogP contribution is 2.34. The number of hydrogen-bond donors (Lipinski definition) is 0. The molecule has 0 fully saturated rings. The number of rotatable bonds is 9. The largest absolute Gasteiger partial charge is 0.443 e. The Morgan fingerprint density at radius 3 is 2.29 bits per heavy atom. The van der Waals surface area contributed by atoms with Gasteiger partial charge < -0.3 is 14.4 Å². The predicted octanol–water partition coefficient (Wildman–Crippen LogP) is 7.26.